The Bertz CT molecular complexity index is 911. The van der Waals surface area contributed by atoms with Gasteiger partial charge in [0, 0.05) is 11.8 Å². The fraction of sp³-hybridized carbons (Fsp3) is 0.118. The molecule has 0 radical (unpaired) electrons. The first-order chi connectivity index (χ1) is 11.0. The number of nitrogens with zero attached hydrogens (tertiary/aromatic N) is 2. The molecule has 0 spiro atoms. The van der Waals surface area contributed by atoms with Crippen LogP contribution < -0.4 is 4.74 Å². The van der Waals surface area contributed by atoms with Crippen molar-refractivity contribution in [2.45, 2.75) is 4.90 Å². The number of hydrogen-bond acceptors (Lipinski definition) is 4. The summed E-state index contributed by atoms with van der Waals surface area (Å²) in [4.78, 5) is 0.303. The molecule has 1 aromatic heterocycles. The minimum absolute atomic E-state index is 0.303. The fourth-order valence-electron chi connectivity index (χ4n) is 2.32. The lowest BCUT2D eigenvalue weighted by atomic mass is 10.1. The zero-order chi connectivity index (χ0) is 16.4. The quantitative estimate of drug-likeness (QED) is 0.739. The van der Waals surface area contributed by atoms with E-state index in [-0.39, 0.29) is 0 Å². The molecule has 118 valence electrons. The molecule has 6 heteroatoms. The predicted octanol–water partition coefficient (Wildman–Crippen LogP) is 2.95. The molecule has 0 aliphatic carbocycles. The third kappa shape index (κ3) is 3.12. The minimum Gasteiger partial charge on any atom is -0.497 e. The van der Waals surface area contributed by atoms with Crippen LogP contribution in [0.5, 0.6) is 5.75 Å². The minimum atomic E-state index is -3.19. The molecule has 5 nitrogen and oxygen atoms in total. The second-order valence-electron chi connectivity index (χ2n) is 5.12. The van der Waals surface area contributed by atoms with Crippen LogP contribution in [0.15, 0.2) is 65.7 Å². The van der Waals surface area contributed by atoms with Crippen LogP contribution in [-0.4, -0.2) is 31.6 Å². The molecular weight excluding hydrogens is 312 g/mol. The van der Waals surface area contributed by atoms with Crippen molar-refractivity contribution in [3.8, 4) is 22.7 Å². The van der Waals surface area contributed by atoms with E-state index < -0.39 is 9.84 Å². The van der Waals surface area contributed by atoms with Crippen molar-refractivity contribution in [1.29, 1.82) is 0 Å². The van der Waals surface area contributed by atoms with Crippen LogP contribution >= 0.6 is 0 Å². The topological polar surface area (TPSA) is 61.2 Å². The van der Waals surface area contributed by atoms with E-state index in [4.69, 9.17) is 4.74 Å². The van der Waals surface area contributed by atoms with Gasteiger partial charge in [-0.1, -0.05) is 12.1 Å². The summed E-state index contributed by atoms with van der Waals surface area (Å²) in [7, 11) is -1.57. The lowest BCUT2D eigenvalue weighted by molar-refractivity contribution is 0.414. The maximum Gasteiger partial charge on any atom is 0.175 e. The van der Waals surface area contributed by atoms with E-state index in [2.05, 4.69) is 5.10 Å². The monoisotopic (exact) mass is 328 g/mol. The van der Waals surface area contributed by atoms with Crippen molar-refractivity contribution >= 4 is 9.84 Å². The summed E-state index contributed by atoms with van der Waals surface area (Å²) in [5.74, 6) is 0.778. The first-order valence-electron chi connectivity index (χ1n) is 6.98. The molecule has 2 aromatic carbocycles. The van der Waals surface area contributed by atoms with Crippen LogP contribution in [0.4, 0.5) is 0 Å². The molecule has 3 aromatic rings. The summed E-state index contributed by atoms with van der Waals surface area (Å²) in [6, 6.07) is 16.2. The van der Waals surface area contributed by atoms with Gasteiger partial charge in [-0.15, -0.1) is 0 Å². The average molecular weight is 328 g/mol. The van der Waals surface area contributed by atoms with Gasteiger partial charge in [0.05, 0.1) is 29.6 Å². The molecule has 23 heavy (non-hydrogen) atoms. The maximum absolute atomic E-state index is 11.6. The molecular formula is C17H16N2O3S. The van der Waals surface area contributed by atoms with E-state index in [9.17, 15) is 8.42 Å². The molecule has 0 atom stereocenters. The summed E-state index contributed by atoms with van der Waals surface area (Å²) < 4.78 is 30.1. The van der Waals surface area contributed by atoms with Gasteiger partial charge in [-0.05, 0) is 42.5 Å². The lowest BCUT2D eigenvalue weighted by Crippen LogP contribution is -2.00. The maximum atomic E-state index is 11.6. The van der Waals surface area contributed by atoms with Crippen LogP contribution in [0.2, 0.25) is 0 Å². The van der Waals surface area contributed by atoms with Crippen molar-refractivity contribution in [3.05, 3.63) is 60.8 Å². The molecule has 0 unspecified atom stereocenters. The highest BCUT2D eigenvalue weighted by molar-refractivity contribution is 7.90. The Hall–Kier alpha value is -2.60. The number of ether oxygens (including phenoxy) is 1. The van der Waals surface area contributed by atoms with E-state index in [1.54, 1.807) is 42.3 Å². The highest BCUT2D eigenvalue weighted by atomic mass is 32.2. The van der Waals surface area contributed by atoms with E-state index >= 15 is 0 Å². The molecule has 0 bridgehead atoms. The number of methoxy groups -OCH3 is 1. The predicted molar refractivity (Wildman–Crippen MR) is 88.7 cm³/mol. The number of hydrogen-bond donors (Lipinski definition) is 0. The van der Waals surface area contributed by atoms with Gasteiger partial charge in [-0.2, -0.15) is 5.10 Å². The Kier molecular flexibility index (Phi) is 3.92. The van der Waals surface area contributed by atoms with Crippen molar-refractivity contribution in [3.63, 3.8) is 0 Å². The van der Waals surface area contributed by atoms with E-state index in [1.165, 1.54) is 6.26 Å². The molecule has 3 rings (SSSR count). The highest BCUT2D eigenvalue weighted by Gasteiger charge is 2.10. The first kappa shape index (κ1) is 15.3. The van der Waals surface area contributed by atoms with Crippen LogP contribution in [0.3, 0.4) is 0 Å². The van der Waals surface area contributed by atoms with Gasteiger partial charge in [-0.3, -0.25) is 0 Å². The molecule has 0 aliphatic rings. The molecule has 0 amide bonds. The molecule has 0 aliphatic heterocycles. The largest absolute Gasteiger partial charge is 0.497 e. The van der Waals surface area contributed by atoms with Crippen molar-refractivity contribution < 1.29 is 13.2 Å². The second kappa shape index (κ2) is 5.89. The van der Waals surface area contributed by atoms with Gasteiger partial charge < -0.3 is 4.74 Å². The highest BCUT2D eigenvalue weighted by Crippen LogP contribution is 2.24. The van der Waals surface area contributed by atoms with Gasteiger partial charge >= 0.3 is 0 Å². The zero-order valence-corrected chi connectivity index (χ0v) is 13.6. The Morgan fingerprint density at radius 2 is 1.61 bits per heavy atom. The van der Waals surface area contributed by atoms with Crippen molar-refractivity contribution in [1.82, 2.24) is 9.78 Å². The van der Waals surface area contributed by atoms with Gasteiger partial charge in [0.15, 0.2) is 9.84 Å². The van der Waals surface area contributed by atoms with Gasteiger partial charge in [-0.25, -0.2) is 13.1 Å². The molecule has 0 saturated heterocycles. The van der Waals surface area contributed by atoms with E-state index in [0.29, 0.717) is 4.90 Å². The standard InChI is InChI=1S/C17H16N2O3S/c1-22-15-7-5-14(6-8-15)19-17(11-12-18-19)13-3-9-16(10-4-13)23(2,20)21/h3-12H,1-2H3. The first-order valence-corrected chi connectivity index (χ1v) is 8.87. The van der Waals surface area contributed by atoms with Crippen LogP contribution in [0, 0.1) is 0 Å². The van der Waals surface area contributed by atoms with Crippen LogP contribution in [-0.2, 0) is 9.84 Å². The Morgan fingerprint density at radius 1 is 0.957 bits per heavy atom. The lowest BCUT2D eigenvalue weighted by Gasteiger charge is -2.09. The summed E-state index contributed by atoms with van der Waals surface area (Å²) in [6.07, 6.45) is 2.91. The summed E-state index contributed by atoms with van der Waals surface area (Å²) in [5.41, 5.74) is 2.68. The van der Waals surface area contributed by atoms with Crippen LogP contribution in [0.25, 0.3) is 16.9 Å². The Labute approximate surface area is 135 Å². The Morgan fingerprint density at radius 3 is 2.17 bits per heavy atom. The average Bonchev–Trinajstić information content (AvgIpc) is 3.04. The Balaban J connectivity index is 2.00. The van der Waals surface area contributed by atoms with Crippen LogP contribution in [0.1, 0.15) is 0 Å². The molecule has 0 fully saturated rings. The normalized spacial score (nSPS) is 11.4. The van der Waals surface area contributed by atoms with E-state index in [1.807, 2.05) is 30.3 Å². The third-order valence-corrected chi connectivity index (χ3v) is 4.67. The SMILES string of the molecule is COc1ccc(-n2nccc2-c2ccc(S(C)(=O)=O)cc2)cc1. The number of sulfone groups is 1. The third-order valence-electron chi connectivity index (χ3n) is 3.54. The number of aromatic nitrogens is 2. The summed E-state index contributed by atoms with van der Waals surface area (Å²) in [5, 5.41) is 4.35. The fourth-order valence-corrected chi connectivity index (χ4v) is 2.95. The number of benzene rings is 2. The number of rotatable bonds is 4. The van der Waals surface area contributed by atoms with E-state index in [0.717, 1.165) is 22.7 Å². The summed E-state index contributed by atoms with van der Waals surface area (Å²) >= 11 is 0. The zero-order valence-electron chi connectivity index (χ0n) is 12.8. The summed E-state index contributed by atoms with van der Waals surface area (Å²) in [6.45, 7) is 0. The van der Waals surface area contributed by atoms with Gasteiger partial charge in [0.2, 0.25) is 0 Å². The molecule has 1 heterocycles. The molecule has 0 N–H and O–H groups in total. The van der Waals surface area contributed by atoms with Crippen molar-refractivity contribution in [2.24, 2.45) is 0 Å². The van der Waals surface area contributed by atoms with Crippen molar-refractivity contribution in [2.75, 3.05) is 13.4 Å². The smallest absolute Gasteiger partial charge is 0.175 e. The molecule has 0 saturated carbocycles. The van der Waals surface area contributed by atoms with Gasteiger partial charge in [0.1, 0.15) is 5.75 Å². The van der Waals surface area contributed by atoms with Gasteiger partial charge in [0.25, 0.3) is 0 Å². The second-order valence-corrected chi connectivity index (χ2v) is 7.14.